The number of hydrogen-bond acceptors (Lipinski definition) is 8. The average molecular weight is 514 g/mol. The Morgan fingerprint density at radius 2 is 1.81 bits per heavy atom. The van der Waals surface area contributed by atoms with Crippen molar-refractivity contribution in [3.05, 3.63) is 35.7 Å². The maximum absolute atomic E-state index is 12.6. The minimum absolute atomic E-state index is 0.109. The molecule has 0 unspecified atom stereocenters. The zero-order valence-corrected chi connectivity index (χ0v) is 22.3. The van der Waals surface area contributed by atoms with Crippen LogP contribution in [0.25, 0.3) is 20.2 Å². The van der Waals surface area contributed by atoms with E-state index in [4.69, 9.17) is 10.1 Å². The zero-order chi connectivity index (χ0) is 26.5. The van der Waals surface area contributed by atoms with Crippen molar-refractivity contribution in [3.8, 4) is 5.75 Å². The summed E-state index contributed by atoms with van der Waals surface area (Å²) < 4.78 is 6.62. The fourth-order valence-electron chi connectivity index (χ4n) is 3.78. The predicted molar refractivity (Wildman–Crippen MR) is 146 cm³/mol. The summed E-state index contributed by atoms with van der Waals surface area (Å²) in [6.07, 6.45) is -0.673. The number of likely N-dealkylation sites (N-methyl/N-ethyl adjacent to an activating group) is 1. The summed E-state index contributed by atoms with van der Waals surface area (Å²) in [7, 11) is 0. The van der Waals surface area contributed by atoms with E-state index in [0.717, 1.165) is 30.0 Å². The van der Waals surface area contributed by atoms with Crippen LogP contribution in [-0.4, -0.2) is 60.3 Å². The number of amides is 2. The van der Waals surface area contributed by atoms with Gasteiger partial charge < -0.3 is 30.7 Å². The van der Waals surface area contributed by atoms with Crippen molar-refractivity contribution in [2.75, 3.05) is 43.4 Å². The Bertz CT molecular complexity index is 1310. The van der Waals surface area contributed by atoms with Gasteiger partial charge in [-0.25, -0.2) is 4.79 Å². The molecular weight excluding hydrogens is 478 g/mol. The van der Waals surface area contributed by atoms with Gasteiger partial charge >= 0.3 is 6.09 Å². The average Bonchev–Trinajstić information content (AvgIpc) is 2.80. The molecule has 0 radical (unpaired) electrons. The number of phenols is 1. The van der Waals surface area contributed by atoms with E-state index in [1.54, 1.807) is 45.0 Å². The van der Waals surface area contributed by atoms with Crippen molar-refractivity contribution in [1.82, 2.24) is 10.2 Å². The first-order valence-corrected chi connectivity index (χ1v) is 12.8. The first-order valence-electron chi connectivity index (χ1n) is 12.0. The standard InChI is InChI=1S/C26H35N5O4S/c1-6-31(7-2)13-12-28-18-10-11-19(30-21(33)15-29-25(34)35-26(3,4)5)24-22(18)23(27)17-9-8-16(32)14-20(17)36-24/h8-11,14,27-28,32H,6-7,12-13,15H2,1-5H3,(H,29,34)(H,30,33). The topological polar surface area (TPSA) is 127 Å². The Morgan fingerprint density at radius 3 is 2.47 bits per heavy atom. The minimum Gasteiger partial charge on any atom is -0.508 e. The SMILES string of the molecule is CCN(CC)CCNc1ccc(NC(=O)CNC(=O)OC(C)(C)C)c2sc3cc(O)ccc3c(=N)c12. The van der Waals surface area contributed by atoms with E-state index in [1.165, 1.54) is 11.3 Å². The van der Waals surface area contributed by atoms with Gasteiger partial charge in [-0.2, -0.15) is 0 Å². The summed E-state index contributed by atoms with van der Waals surface area (Å²) in [4.78, 5) is 26.9. The van der Waals surface area contributed by atoms with E-state index in [9.17, 15) is 14.7 Å². The van der Waals surface area contributed by atoms with Gasteiger partial charge in [0.1, 0.15) is 17.9 Å². The van der Waals surface area contributed by atoms with E-state index in [2.05, 4.69) is 34.7 Å². The first kappa shape index (κ1) is 27.2. The molecule has 2 amide bonds. The molecule has 3 aromatic rings. The third-order valence-electron chi connectivity index (χ3n) is 5.56. The molecular formula is C26H35N5O4S. The van der Waals surface area contributed by atoms with Gasteiger partial charge in [-0.3, -0.25) is 10.2 Å². The maximum Gasteiger partial charge on any atom is 0.408 e. The lowest BCUT2D eigenvalue weighted by Crippen LogP contribution is -2.37. The maximum atomic E-state index is 12.6. The van der Waals surface area contributed by atoms with Crippen molar-refractivity contribution in [3.63, 3.8) is 0 Å². The Labute approximate surface area is 215 Å². The van der Waals surface area contributed by atoms with E-state index in [0.29, 0.717) is 33.1 Å². The number of aromatic hydroxyl groups is 1. The molecule has 0 atom stereocenters. The van der Waals surface area contributed by atoms with Crippen LogP contribution in [0, 0.1) is 5.41 Å². The fourth-order valence-corrected chi connectivity index (χ4v) is 5.00. The smallest absolute Gasteiger partial charge is 0.408 e. The molecule has 3 rings (SSSR count). The molecule has 194 valence electrons. The van der Waals surface area contributed by atoms with Crippen LogP contribution < -0.4 is 21.3 Å². The van der Waals surface area contributed by atoms with Crippen LogP contribution in [0.15, 0.2) is 30.3 Å². The van der Waals surface area contributed by atoms with E-state index in [-0.39, 0.29) is 12.3 Å². The van der Waals surface area contributed by atoms with Crippen molar-refractivity contribution < 1.29 is 19.4 Å². The van der Waals surface area contributed by atoms with E-state index >= 15 is 0 Å². The number of rotatable bonds is 9. The molecule has 2 aromatic carbocycles. The van der Waals surface area contributed by atoms with Gasteiger partial charge in [0.05, 0.1) is 15.7 Å². The summed E-state index contributed by atoms with van der Waals surface area (Å²) in [6, 6.07) is 8.57. The molecule has 36 heavy (non-hydrogen) atoms. The Kier molecular flexibility index (Phi) is 8.75. The predicted octanol–water partition coefficient (Wildman–Crippen LogP) is 4.46. The summed E-state index contributed by atoms with van der Waals surface area (Å²) in [5.74, 6) is -0.308. The molecule has 0 bridgehead atoms. The normalized spacial score (nSPS) is 11.6. The lowest BCUT2D eigenvalue weighted by molar-refractivity contribution is -0.115. The van der Waals surface area contributed by atoms with Gasteiger partial charge in [-0.15, -0.1) is 11.3 Å². The van der Waals surface area contributed by atoms with Crippen molar-refractivity contribution in [2.45, 2.75) is 40.2 Å². The van der Waals surface area contributed by atoms with Crippen molar-refractivity contribution in [2.24, 2.45) is 0 Å². The van der Waals surface area contributed by atoms with Gasteiger partial charge in [0.2, 0.25) is 5.91 Å². The second-order valence-electron chi connectivity index (χ2n) is 9.38. The van der Waals surface area contributed by atoms with Crippen LogP contribution in [0.4, 0.5) is 16.2 Å². The number of anilines is 2. The molecule has 1 aromatic heterocycles. The molecule has 0 saturated carbocycles. The number of ether oxygens (including phenoxy) is 1. The van der Waals surface area contributed by atoms with Crippen LogP contribution in [0.2, 0.25) is 0 Å². The monoisotopic (exact) mass is 513 g/mol. The number of carbonyl (C=O) groups excluding carboxylic acids is 2. The van der Waals surface area contributed by atoms with E-state index in [1.807, 2.05) is 6.07 Å². The number of benzene rings is 2. The lowest BCUT2D eigenvalue weighted by atomic mass is 10.1. The van der Waals surface area contributed by atoms with Gasteiger partial charge in [0, 0.05) is 34.2 Å². The van der Waals surface area contributed by atoms with Crippen LogP contribution in [0.5, 0.6) is 5.75 Å². The number of carbonyl (C=O) groups is 2. The number of nitrogens with one attached hydrogen (secondary N) is 4. The number of phenolic OH excluding ortho intramolecular Hbond substituents is 1. The molecule has 10 heteroatoms. The summed E-state index contributed by atoms with van der Waals surface area (Å²) >= 11 is 1.39. The van der Waals surface area contributed by atoms with Gasteiger partial charge in [0.15, 0.2) is 0 Å². The molecule has 9 nitrogen and oxygen atoms in total. The third kappa shape index (κ3) is 6.86. The third-order valence-corrected chi connectivity index (χ3v) is 6.74. The summed E-state index contributed by atoms with van der Waals surface area (Å²) in [6.45, 7) is 12.7. The van der Waals surface area contributed by atoms with Gasteiger partial charge in [-0.05, 0) is 64.2 Å². The quantitative estimate of drug-likeness (QED) is 0.269. The Morgan fingerprint density at radius 1 is 1.11 bits per heavy atom. The van der Waals surface area contributed by atoms with Crippen LogP contribution in [-0.2, 0) is 9.53 Å². The van der Waals surface area contributed by atoms with Crippen LogP contribution in [0.3, 0.4) is 0 Å². The molecule has 0 aliphatic heterocycles. The summed E-state index contributed by atoms with van der Waals surface area (Å²) in [5, 5.41) is 29.4. The largest absolute Gasteiger partial charge is 0.508 e. The molecule has 0 saturated heterocycles. The molecule has 0 aliphatic carbocycles. The first-order chi connectivity index (χ1) is 17.0. The summed E-state index contributed by atoms with van der Waals surface area (Å²) in [5.41, 5.74) is 0.668. The lowest BCUT2D eigenvalue weighted by Gasteiger charge is -2.20. The van der Waals surface area contributed by atoms with Crippen molar-refractivity contribution >= 4 is 54.9 Å². The number of fused-ring (bicyclic) bond motifs is 2. The molecule has 0 fully saturated rings. The minimum atomic E-state index is -0.673. The second-order valence-corrected chi connectivity index (χ2v) is 10.4. The van der Waals surface area contributed by atoms with Crippen molar-refractivity contribution in [1.29, 1.82) is 5.41 Å². The highest BCUT2D eigenvalue weighted by Crippen LogP contribution is 2.35. The number of alkyl carbamates (subject to hydrolysis) is 1. The Hall–Kier alpha value is -3.37. The zero-order valence-electron chi connectivity index (χ0n) is 21.4. The number of nitrogens with zero attached hydrogens (tertiary/aromatic N) is 1. The molecule has 5 N–H and O–H groups in total. The second kappa shape index (κ2) is 11.6. The highest BCUT2D eigenvalue weighted by Gasteiger charge is 2.18. The number of hydrogen-bond donors (Lipinski definition) is 5. The molecule has 0 aliphatic rings. The highest BCUT2D eigenvalue weighted by atomic mass is 32.1. The molecule has 0 spiro atoms. The highest BCUT2D eigenvalue weighted by molar-refractivity contribution is 7.25. The Balaban J connectivity index is 1.93. The van der Waals surface area contributed by atoms with Gasteiger partial charge in [-0.1, -0.05) is 13.8 Å². The van der Waals surface area contributed by atoms with E-state index < -0.39 is 17.6 Å². The molecule has 1 heterocycles. The fraction of sp³-hybridized carbons (Fsp3) is 0.423. The van der Waals surface area contributed by atoms with Crippen LogP contribution >= 0.6 is 11.3 Å². The van der Waals surface area contributed by atoms with Gasteiger partial charge in [0.25, 0.3) is 0 Å². The van der Waals surface area contributed by atoms with Crippen LogP contribution in [0.1, 0.15) is 34.6 Å².